The molecule has 3 N–H and O–H groups in total. The van der Waals surface area contributed by atoms with Crippen LogP contribution in [0.15, 0.2) is 24.3 Å². The molecule has 0 saturated carbocycles. The van der Waals surface area contributed by atoms with Crippen LogP contribution in [0.5, 0.6) is 0 Å². The van der Waals surface area contributed by atoms with Gasteiger partial charge >= 0.3 is 0 Å². The van der Waals surface area contributed by atoms with Gasteiger partial charge in [-0.05, 0) is 35.6 Å². The van der Waals surface area contributed by atoms with Crippen LogP contribution in [0.1, 0.15) is 47.1 Å². The Morgan fingerprint density at radius 1 is 1.05 bits per heavy atom. The predicted molar refractivity (Wildman–Crippen MR) is 85.4 cm³/mol. The van der Waals surface area contributed by atoms with Crippen LogP contribution in [0.3, 0.4) is 0 Å². The highest BCUT2D eigenvalue weighted by Crippen LogP contribution is 2.26. The van der Waals surface area contributed by atoms with E-state index in [1.54, 1.807) is 0 Å². The van der Waals surface area contributed by atoms with Gasteiger partial charge in [0.25, 0.3) is 0 Å². The molecule has 108 valence electrons. The van der Waals surface area contributed by atoms with Gasteiger partial charge in [-0.1, -0.05) is 53.7 Å². The van der Waals surface area contributed by atoms with Gasteiger partial charge in [0.2, 0.25) is 0 Å². The third-order valence-corrected chi connectivity index (χ3v) is 4.19. The van der Waals surface area contributed by atoms with Gasteiger partial charge in [0, 0.05) is 17.6 Å². The van der Waals surface area contributed by atoms with E-state index in [9.17, 15) is 0 Å². The average Bonchev–Trinajstić information content (AvgIpc) is 2.28. The Kier molecular flexibility index (Phi) is 5.03. The molecule has 1 atom stereocenters. The normalized spacial score (nSPS) is 14.4. The van der Waals surface area contributed by atoms with E-state index in [4.69, 9.17) is 5.73 Å². The highest BCUT2D eigenvalue weighted by Gasteiger charge is 2.23. The van der Waals surface area contributed by atoms with Crippen LogP contribution in [-0.4, -0.2) is 13.1 Å². The fourth-order valence-corrected chi connectivity index (χ4v) is 1.94. The van der Waals surface area contributed by atoms with E-state index in [0.29, 0.717) is 11.3 Å². The molecule has 0 aliphatic carbocycles. The molecule has 1 aromatic rings. The third kappa shape index (κ3) is 4.87. The molecular weight excluding hydrogens is 232 g/mol. The Labute approximate surface area is 118 Å². The number of nitrogens with two attached hydrogens (primary N) is 1. The van der Waals surface area contributed by atoms with Gasteiger partial charge in [0.1, 0.15) is 0 Å². The van der Waals surface area contributed by atoms with Crippen LogP contribution >= 0.6 is 0 Å². The summed E-state index contributed by atoms with van der Waals surface area (Å²) in [5, 5.41) is 3.61. The molecule has 0 radical (unpaired) electrons. The van der Waals surface area contributed by atoms with Crippen molar-refractivity contribution in [3.05, 3.63) is 29.8 Å². The fraction of sp³-hybridized carbons (Fsp3) is 0.647. The van der Waals surface area contributed by atoms with Crippen LogP contribution in [-0.2, 0) is 5.41 Å². The molecule has 1 unspecified atom stereocenters. The summed E-state index contributed by atoms with van der Waals surface area (Å²) in [6.07, 6.45) is 0. The first-order valence-electron chi connectivity index (χ1n) is 7.19. The average molecular weight is 262 g/mol. The van der Waals surface area contributed by atoms with Gasteiger partial charge in [-0.3, -0.25) is 0 Å². The van der Waals surface area contributed by atoms with Crippen molar-refractivity contribution in [1.82, 2.24) is 5.32 Å². The zero-order valence-electron chi connectivity index (χ0n) is 13.4. The van der Waals surface area contributed by atoms with E-state index in [2.05, 4.69) is 59.0 Å². The Hall–Kier alpha value is -1.02. The second-order valence-electron chi connectivity index (χ2n) is 7.40. The molecule has 2 heteroatoms. The number of rotatable bonds is 5. The number of nitrogen functional groups attached to an aromatic ring is 1. The van der Waals surface area contributed by atoms with Crippen molar-refractivity contribution in [3.8, 4) is 0 Å². The zero-order valence-corrected chi connectivity index (χ0v) is 13.4. The minimum Gasteiger partial charge on any atom is -0.399 e. The second-order valence-corrected chi connectivity index (χ2v) is 7.40. The maximum Gasteiger partial charge on any atom is 0.0314 e. The van der Waals surface area contributed by atoms with E-state index in [1.807, 2.05) is 12.1 Å². The molecule has 0 aromatic heterocycles. The molecule has 0 saturated heterocycles. The summed E-state index contributed by atoms with van der Waals surface area (Å²) in [6, 6.07) is 8.22. The summed E-state index contributed by atoms with van der Waals surface area (Å²) >= 11 is 0. The number of anilines is 1. The largest absolute Gasteiger partial charge is 0.399 e. The molecule has 0 heterocycles. The summed E-state index contributed by atoms with van der Waals surface area (Å²) in [4.78, 5) is 0. The summed E-state index contributed by atoms with van der Waals surface area (Å²) in [5.41, 5.74) is 8.39. The van der Waals surface area contributed by atoms with Crippen LogP contribution in [0.2, 0.25) is 0 Å². The van der Waals surface area contributed by atoms with Gasteiger partial charge in [0.15, 0.2) is 0 Å². The van der Waals surface area contributed by atoms with Crippen LogP contribution in [0.25, 0.3) is 0 Å². The van der Waals surface area contributed by atoms with Crippen molar-refractivity contribution in [3.63, 3.8) is 0 Å². The van der Waals surface area contributed by atoms with Gasteiger partial charge in [-0.2, -0.15) is 0 Å². The fourth-order valence-electron chi connectivity index (χ4n) is 1.94. The van der Waals surface area contributed by atoms with E-state index in [-0.39, 0.29) is 5.41 Å². The van der Waals surface area contributed by atoms with Gasteiger partial charge in [0.05, 0.1) is 0 Å². The topological polar surface area (TPSA) is 38.0 Å². The summed E-state index contributed by atoms with van der Waals surface area (Å²) in [5.74, 6) is 0.662. The maximum absolute atomic E-state index is 5.74. The maximum atomic E-state index is 5.74. The molecule has 1 rings (SSSR count). The van der Waals surface area contributed by atoms with Crippen LogP contribution in [0, 0.1) is 11.3 Å². The molecule has 19 heavy (non-hydrogen) atoms. The van der Waals surface area contributed by atoms with Crippen molar-refractivity contribution in [2.75, 3.05) is 18.8 Å². The number of nitrogens with one attached hydrogen (secondary N) is 1. The minimum atomic E-state index is 0.130. The SMILES string of the molecule is CC(CNCC(C)(C)c1ccc(N)cc1)C(C)(C)C. The predicted octanol–water partition coefficient (Wildman–Crippen LogP) is 3.82. The van der Waals surface area contributed by atoms with Crippen molar-refractivity contribution < 1.29 is 0 Å². The molecule has 1 aromatic carbocycles. The lowest BCUT2D eigenvalue weighted by atomic mass is 9.81. The minimum absolute atomic E-state index is 0.130. The Morgan fingerprint density at radius 2 is 1.58 bits per heavy atom. The van der Waals surface area contributed by atoms with Crippen molar-refractivity contribution in [1.29, 1.82) is 0 Å². The van der Waals surface area contributed by atoms with E-state index >= 15 is 0 Å². The smallest absolute Gasteiger partial charge is 0.0314 e. The first kappa shape index (κ1) is 16.0. The number of hydrogen-bond donors (Lipinski definition) is 2. The summed E-state index contributed by atoms with van der Waals surface area (Å²) in [7, 11) is 0. The second kappa shape index (κ2) is 5.96. The van der Waals surface area contributed by atoms with E-state index in [0.717, 1.165) is 18.8 Å². The van der Waals surface area contributed by atoms with Crippen molar-refractivity contribution in [2.24, 2.45) is 11.3 Å². The van der Waals surface area contributed by atoms with Crippen molar-refractivity contribution in [2.45, 2.75) is 47.0 Å². The Balaban J connectivity index is 2.54. The number of hydrogen-bond acceptors (Lipinski definition) is 2. The third-order valence-electron chi connectivity index (χ3n) is 4.19. The van der Waals surface area contributed by atoms with Gasteiger partial charge in [-0.25, -0.2) is 0 Å². The first-order valence-corrected chi connectivity index (χ1v) is 7.19. The molecular formula is C17H30N2. The quantitative estimate of drug-likeness (QED) is 0.792. The molecule has 0 bridgehead atoms. The van der Waals surface area contributed by atoms with E-state index in [1.165, 1.54) is 5.56 Å². The lowest BCUT2D eigenvalue weighted by Gasteiger charge is -2.31. The molecule has 0 fully saturated rings. The molecule has 0 amide bonds. The van der Waals surface area contributed by atoms with Gasteiger partial charge in [-0.15, -0.1) is 0 Å². The monoisotopic (exact) mass is 262 g/mol. The Morgan fingerprint density at radius 3 is 2.05 bits per heavy atom. The summed E-state index contributed by atoms with van der Waals surface area (Å²) < 4.78 is 0. The molecule has 0 spiro atoms. The van der Waals surface area contributed by atoms with Crippen molar-refractivity contribution >= 4 is 5.69 Å². The van der Waals surface area contributed by atoms with Crippen LogP contribution < -0.4 is 11.1 Å². The molecule has 0 aliphatic heterocycles. The number of benzene rings is 1. The molecule has 0 aliphatic rings. The van der Waals surface area contributed by atoms with E-state index < -0.39 is 0 Å². The van der Waals surface area contributed by atoms with Gasteiger partial charge < -0.3 is 11.1 Å². The first-order chi connectivity index (χ1) is 8.63. The molecule has 2 nitrogen and oxygen atoms in total. The lowest BCUT2D eigenvalue weighted by molar-refractivity contribution is 0.248. The zero-order chi connectivity index (χ0) is 14.7. The lowest BCUT2D eigenvalue weighted by Crippen LogP contribution is -2.37. The standard InChI is InChI=1S/C17H30N2/c1-13(16(2,3)4)11-19-12-17(5,6)14-7-9-15(18)10-8-14/h7-10,13,19H,11-12,18H2,1-6H3. The Bertz CT molecular complexity index is 385. The highest BCUT2D eigenvalue weighted by atomic mass is 14.9. The van der Waals surface area contributed by atoms with Crippen LogP contribution in [0.4, 0.5) is 5.69 Å². The highest BCUT2D eigenvalue weighted by molar-refractivity contribution is 5.41. The summed E-state index contributed by atoms with van der Waals surface area (Å²) in [6.45, 7) is 15.8.